The van der Waals surface area contributed by atoms with Crippen molar-refractivity contribution in [1.82, 2.24) is 4.72 Å². The van der Waals surface area contributed by atoms with Crippen molar-refractivity contribution >= 4 is 63.2 Å². The van der Waals surface area contributed by atoms with Gasteiger partial charge in [-0.1, -0.05) is 24.3 Å². The van der Waals surface area contributed by atoms with Crippen molar-refractivity contribution in [3.63, 3.8) is 0 Å². The van der Waals surface area contributed by atoms with E-state index >= 15 is 0 Å². The van der Waals surface area contributed by atoms with Crippen LogP contribution in [-0.4, -0.2) is 70.3 Å². The van der Waals surface area contributed by atoms with Crippen LogP contribution >= 0.6 is 0 Å². The molecule has 8 nitrogen and oxygen atoms in total. The Labute approximate surface area is 309 Å². The second kappa shape index (κ2) is 20.2. The van der Waals surface area contributed by atoms with Crippen LogP contribution < -0.4 is 21.7 Å². The number of carbonyl (C=O) groups excluding carboxylic acids is 2. The summed E-state index contributed by atoms with van der Waals surface area (Å²) in [5, 5.41) is 0. The molecule has 2 rings (SSSR count). The minimum absolute atomic E-state index is 0. The molecule has 3 atom stereocenters. The number of carbonyl (C=O) groups is 2. The first kappa shape index (κ1) is 48.9. The SMILES string of the molecule is CC(C)(C)OC(=O)c1cccc(C=NS(=O)C(C)(C)C)c1.C[C@H](NS(=O)C(C)(C)C)c1cccc(C(=O)OC(C)(C)C)c1.[Br-].[CH3-].[Mg+2]. The van der Waals surface area contributed by atoms with Gasteiger partial charge >= 0.3 is 35.0 Å². The largest absolute Gasteiger partial charge is 2.00 e. The fourth-order valence-corrected chi connectivity index (χ4v) is 4.37. The van der Waals surface area contributed by atoms with Gasteiger partial charge in [0.15, 0.2) is 0 Å². The molecule has 0 bridgehead atoms. The van der Waals surface area contributed by atoms with Gasteiger partial charge in [0, 0.05) is 12.3 Å². The summed E-state index contributed by atoms with van der Waals surface area (Å²) >= 11 is 0. The Balaban J connectivity index is -0.000000755. The average molecular weight is 754 g/mol. The second-order valence-electron chi connectivity index (χ2n) is 14.1. The van der Waals surface area contributed by atoms with Crippen LogP contribution in [0.1, 0.15) is 128 Å². The van der Waals surface area contributed by atoms with E-state index in [-0.39, 0.29) is 70.2 Å². The predicted molar refractivity (Wildman–Crippen MR) is 190 cm³/mol. The molecule has 2 aromatic carbocycles. The second-order valence-corrected chi connectivity index (χ2v) is 18.0. The van der Waals surface area contributed by atoms with Crippen LogP contribution in [0.5, 0.6) is 0 Å². The Morgan fingerprint density at radius 2 is 1.20 bits per heavy atom. The van der Waals surface area contributed by atoms with E-state index in [4.69, 9.17) is 9.47 Å². The molecule has 0 aliphatic heterocycles. The van der Waals surface area contributed by atoms with Crippen molar-refractivity contribution in [2.24, 2.45) is 4.40 Å². The number of halogens is 1. The molecule has 0 radical (unpaired) electrons. The standard InChI is InChI=1S/C17H27NO3S.C16H23NO3S.CH3.BrH.Mg/c1-12(18-22(20)17(5,6)7)13-9-8-10-14(11-13)15(19)21-16(2,3)4;1-15(2,3)20-14(18)13-9-7-8-12(10-13)11-17-21(19)16(4,5)6;;;/h8-12,18H,1-7H3;7-11H,1-6H3;1H3;1H;/q;;-1;;+2/p-1/t12-,22?;;;;/m0..../s1. The van der Waals surface area contributed by atoms with Crippen molar-refractivity contribution < 1.29 is 44.5 Å². The number of rotatable bonds is 7. The van der Waals surface area contributed by atoms with Crippen molar-refractivity contribution in [1.29, 1.82) is 0 Å². The molecule has 0 aromatic heterocycles. The molecule has 0 saturated heterocycles. The third-order valence-electron chi connectivity index (χ3n) is 5.20. The minimum Gasteiger partial charge on any atom is -1.00 e. The molecule has 1 N–H and O–H groups in total. The summed E-state index contributed by atoms with van der Waals surface area (Å²) in [6.45, 7) is 24.2. The molecular formula is C34H53BrMgN2O6S2. The van der Waals surface area contributed by atoms with E-state index in [9.17, 15) is 18.0 Å². The van der Waals surface area contributed by atoms with Gasteiger partial charge in [-0.25, -0.2) is 22.7 Å². The molecule has 0 amide bonds. The molecule has 0 aliphatic carbocycles. The van der Waals surface area contributed by atoms with Crippen molar-refractivity contribution in [3.05, 3.63) is 78.2 Å². The normalized spacial score (nSPS) is 13.8. The van der Waals surface area contributed by atoms with Gasteiger partial charge in [-0.2, -0.15) is 4.40 Å². The molecule has 0 spiro atoms. The summed E-state index contributed by atoms with van der Waals surface area (Å²) in [5.41, 5.74) is 1.52. The maximum atomic E-state index is 12.2. The van der Waals surface area contributed by atoms with Crippen LogP contribution in [0.3, 0.4) is 0 Å². The van der Waals surface area contributed by atoms with E-state index in [0.717, 1.165) is 11.1 Å². The van der Waals surface area contributed by atoms with E-state index in [2.05, 4.69) is 9.12 Å². The Morgan fingerprint density at radius 3 is 1.61 bits per heavy atom. The first-order valence-electron chi connectivity index (χ1n) is 14.2. The van der Waals surface area contributed by atoms with Crippen molar-refractivity contribution in [2.45, 2.75) is 117 Å². The third-order valence-corrected chi connectivity index (χ3v) is 8.23. The van der Waals surface area contributed by atoms with E-state index in [0.29, 0.717) is 11.1 Å². The van der Waals surface area contributed by atoms with Crippen molar-refractivity contribution in [2.75, 3.05) is 0 Å². The smallest absolute Gasteiger partial charge is 1.00 e. The molecule has 256 valence electrons. The number of nitrogens with one attached hydrogen (secondary N) is 1. The number of hydrogen-bond donors (Lipinski definition) is 1. The van der Waals surface area contributed by atoms with Crippen LogP contribution in [0.15, 0.2) is 52.9 Å². The van der Waals surface area contributed by atoms with Gasteiger partial charge in [-0.15, -0.1) is 0 Å². The molecule has 0 fully saturated rings. The Morgan fingerprint density at radius 1 is 0.761 bits per heavy atom. The molecule has 2 aromatic rings. The summed E-state index contributed by atoms with van der Waals surface area (Å²) < 4.78 is 41.1. The molecular weight excluding hydrogens is 701 g/mol. The molecule has 46 heavy (non-hydrogen) atoms. The Bertz CT molecular complexity index is 1340. The first-order chi connectivity index (χ1) is 19.4. The topological polar surface area (TPSA) is 111 Å². The number of nitrogens with zero attached hydrogens (tertiary/aromatic N) is 1. The fourth-order valence-electron chi connectivity index (χ4n) is 3.03. The molecule has 0 heterocycles. The van der Waals surface area contributed by atoms with Gasteiger partial charge in [-0.3, -0.25) is 0 Å². The fraction of sp³-hybridized carbons (Fsp3) is 0.529. The van der Waals surface area contributed by atoms with E-state index in [1.54, 1.807) is 36.4 Å². The zero-order valence-corrected chi connectivity index (χ0v) is 34.7. The zero-order chi connectivity index (χ0) is 33.4. The summed E-state index contributed by atoms with van der Waals surface area (Å²) in [5.74, 6) is -0.729. The number of benzene rings is 2. The van der Waals surface area contributed by atoms with Gasteiger partial charge in [0.1, 0.15) is 22.2 Å². The summed E-state index contributed by atoms with van der Waals surface area (Å²) in [4.78, 5) is 24.1. The average Bonchev–Trinajstić information content (AvgIpc) is 2.84. The number of hydrogen-bond acceptors (Lipinski definition) is 6. The predicted octanol–water partition coefficient (Wildman–Crippen LogP) is 4.35. The van der Waals surface area contributed by atoms with Crippen LogP contribution in [0, 0.1) is 7.43 Å². The third kappa shape index (κ3) is 19.4. The molecule has 0 aliphatic rings. The maximum absolute atomic E-state index is 12.2. The number of esters is 2. The Kier molecular flexibility index (Phi) is 21.4. The van der Waals surface area contributed by atoms with Crippen LogP contribution in [-0.2, 0) is 31.4 Å². The van der Waals surface area contributed by atoms with Gasteiger partial charge in [-0.05, 0) is 125 Å². The molecule has 12 heteroatoms. The monoisotopic (exact) mass is 752 g/mol. The summed E-state index contributed by atoms with van der Waals surface area (Å²) in [6.07, 6.45) is 1.52. The minimum atomic E-state index is -1.32. The van der Waals surface area contributed by atoms with Crippen molar-refractivity contribution in [3.8, 4) is 0 Å². The van der Waals surface area contributed by atoms with Gasteiger partial charge in [0.25, 0.3) is 0 Å². The molecule has 2 unspecified atom stereocenters. The van der Waals surface area contributed by atoms with E-state index in [1.807, 2.05) is 102 Å². The van der Waals surface area contributed by atoms with Gasteiger partial charge in [0.05, 0.1) is 31.6 Å². The summed E-state index contributed by atoms with van der Waals surface area (Å²) in [6, 6.07) is 14.0. The Hall–Kier alpha value is -1.44. The van der Waals surface area contributed by atoms with Crippen LogP contribution in [0.2, 0.25) is 0 Å². The first-order valence-corrected chi connectivity index (χ1v) is 16.5. The molecule has 0 saturated carbocycles. The van der Waals surface area contributed by atoms with Crippen LogP contribution in [0.25, 0.3) is 0 Å². The van der Waals surface area contributed by atoms with Gasteiger partial charge in [0.2, 0.25) is 0 Å². The van der Waals surface area contributed by atoms with E-state index in [1.165, 1.54) is 6.21 Å². The maximum Gasteiger partial charge on any atom is 2.00 e. The van der Waals surface area contributed by atoms with Gasteiger partial charge < -0.3 is 33.9 Å². The zero-order valence-electron chi connectivity index (χ0n) is 30.1. The van der Waals surface area contributed by atoms with E-state index < -0.39 is 37.9 Å². The summed E-state index contributed by atoms with van der Waals surface area (Å²) in [7, 11) is -2.48. The van der Waals surface area contributed by atoms with Crippen LogP contribution in [0.4, 0.5) is 0 Å². The quantitative estimate of drug-likeness (QED) is 0.195. The number of ether oxygens (including phenoxy) is 2.